The van der Waals surface area contributed by atoms with Crippen molar-refractivity contribution < 1.29 is 9.59 Å². The number of aromatic nitrogens is 5. The van der Waals surface area contributed by atoms with Crippen LogP contribution >= 0.6 is 23.1 Å². The van der Waals surface area contributed by atoms with Crippen molar-refractivity contribution in [3.8, 4) is 0 Å². The molecule has 3 rings (SSSR count). The van der Waals surface area contributed by atoms with Gasteiger partial charge in [0.25, 0.3) is 0 Å². The van der Waals surface area contributed by atoms with Gasteiger partial charge in [0.05, 0.1) is 12.2 Å². The van der Waals surface area contributed by atoms with E-state index in [-0.39, 0.29) is 24.0 Å². The fraction of sp³-hybridized carbons (Fsp3) is 0.263. The molecule has 2 amide bonds. The Kier molecular flexibility index (Phi) is 7.31. The molecule has 156 valence electrons. The molecular formula is C19H21N7O2S2. The minimum atomic E-state index is -0.219. The Bertz CT molecular complexity index is 1060. The van der Waals surface area contributed by atoms with E-state index in [1.807, 2.05) is 38.1 Å². The van der Waals surface area contributed by atoms with Crippen molar-refractivity contribution in [2.75, 3.05) is 16.4 Å². The minimum Gasteiger partial charge on any atom is -0.326 e. The average molecular weight is 444 g/mol. The lowest BCUT2D eigenvalue weighted by Gasteiger charge is -2.08. The highest BCUT2D eigenvalue weighted by molar-refractivity contribution is 7.99. The third kappa shape index (κ3) is 5.97. The molecule has 0 aliphatic heterocycles. The summed E-state index contributed by atoms with van der Waals surface area (Å²) in [6.07, 6.45) is 1.76. The molecule has 0 bridgehead atoms. The Labute approximate surface area is 182 Å². The number of carbonyl (C=O) groups is 2. The van der Waals surface area contributed by atoms with Crippen molar-refractivity contribution in [3.63, 3.8) is 0 Å². The minimum absolute atomic E-state index is 0.0611. The molecule has 30 heavy (non-hydrogen) atoms. The van der Waals surface area contributed by atoms with Gasteiger partial charge in [0, 0.05) is 12.2 Å². The Hall–Kier alpha value is -3.05. The molecule has 3 aromatic rings. The number of thioether (sulfide) groups is 1. The third-order valence-corrected chi connectivity index (χ3v) is 5.55. The zero-order valence-electron chi connectivity index (χ0n) is 16.6. The average Bonchev–Trinajstić information content (AvgIpc) is 3.26. The SMILES string of the molecule is C=CCn1c(CC(=O)Nc2cccc(C)c2)nnc1SCC(=O)Nc1nnc(C)s1. The Morgan fingerprint density at radius 1 is 1.17 bits per heavy atom. The van der Waals surface area contributed by atoms with Crippen molar-refractivity contribution in [1.82, 2.24) is 25.0 Å². The van der Waals surface area contributed by atoms with Gasteiger partial charge in [0.2, 0.25) is 16.9 Å². The van der Waals surface area contributed by atoms with Gasteiger partial charge in [0.15, 0.2) is 5.16 Å². The predicted molar refractivity (Wildman–Crippen MR) is 118 cm³/mol. The van der Waals surface area contributed by atoms with Gasteiger partial charge in [0.1, 0.15) is 10.8 Å². The molecule has 0 atom stereocenters. The van der Waals surface area contributed by atoms with E-state index in [1.165, 1.54) is 23.1 Å². The van der Waals surface area contributed by atoms with Crippen LogP contribution in [0.3, 0.4) is 0 Å². The van der Waals surface area contributed by atoms with Crippen LogP contribution in [0, 0.1) is 13.8 Å². The number of nitrogens with zero attached hydrogens (tertiary/aromatic N) is 5. The number of hydrogen-bond acceptors (Lipinski definition) is 8. The number of benzene rings is 1. The van der Waals surface area contributed by atoms with Gasteiger partial charge in [-0.1, -0.05) is 41.3 Å². The van der Waals surface area contributed by atoms with E-state index in [2.05, 4.69) is 37.6 Å². The number of aryl methyl sites for hydroxylation is 2. The predicted octanol–water partition coefficient (Wildman–Crippen LogP) is 2.84. The van der Waals surface area contributed by atoms with Crippen LogP contribution in [-0.4, -0.2) is 42.5 Å². The van der Waals surface area contributed by atoms with Crippen LogP contribution in [0.4, 0.5) is 10.8 Å². The van der Waals surface area contributed by atoms with Crippen molar-refractivity contribution >= 4 is 45.7 Å². The molecule has 2 aromatic heterocycles. The van der Waals surface area contributed by atoms with E-state index in [4.69, 9.17) is 0 Å². The smallest absolute Gasteiger partial charge is 0.236 e. The number of nitrogens with one attached hydrogen (secondary N) is 2. The molecule has 0 aliphatic carbocycles. The molecule has 1 aromatic carbocycles. The molecule has 0 saturated heterocycles. The first-order chi connectivity index (χ1) is 14.4. The van der Waals surface area contributed by atoms with Gasteiger partial charge >= 0.3 is 0 Å². The summed E-state index contributed by atoms with van der Waals surface area (Å²) >= 11 is 2.54. The highest BCUT2D eigenvalue weighted by Crippen LogP contribution is 2.20. The molecule has 0 spiro atoms. The molecule has 2 heterocycles. The quantitative estimate of drug-likeness (QED) is 0.386. The van der Waals surface area contributed by atoms with E-state index < -0.39 is 0 Å². The van der Waals surface area contributed by atoms with Crippen molar-refractivity contribution in [2.45, 2.75) is 32.0 Å². The summed E-state index contributed by atoms with van der Waals surface area (Å²) in [5.74, 6) is 0.216. The summed E-state index contributed by atoms with van der Waals surface area (Å²) in [4.78, 5) is 24.6. The lowest BCUT2D eigenvalue weighted by Crippen LogP contribution is -2.18. The Morgan fingerprint density at radius 3 is 2.70 bits per heavy atom. The van der Waals surface area contributed by atoms with E-state index in [0.717, 1.165) is 16.3 Å². The number of rotatable bonds is 9. The summed E-state index contributed by atoms with van der Waals surface area (Å²) in [6, 6.07) is 7.57. The lowest BCUT2D eigenvalue weighted by molar-refractivity contribution is -0.116. The number of hydrogen-bond donors (Lipinski definition) is 2. The van der Waals surface area contributed by atoms with Crippen LogP contribution in [0.2, 0.25) is 0 Å². The molecule has 0 radical (unpaired) electrons. The highest BCUT2D eigenvalue weighted by atomic mass is 32.2. The molecule has 9 nitrogen and oxygen atoms in total. The molecule has 0 fully saturated rings. The van der Waals surface area contributed by atoms with E-state index in [9.17, 15) is 9.59 Å². The Morgan fingerprint density at radius 2 is 2.00 bits per heavy atom. The van der Waals surface area contributed by atoms with Crippen LogP contribution in [0.25, 0.3) is 0 Å². The summed E-state index contributed by atoms with van der Waals surface area (Å²) < 4.78 is 1.77. The topological polar surface area (TPSA) is 115 Å². The summed E-state index contributed by atoms with van der Waals surface area (Å²) in [5, 5.41) is 23.3. The van der Waals surface area contributed by atoms with E-state index in [1.54, 1.807) is 10.6 Å². The third-order valence-electron chi connectivity index (χ3n) is 3.83. The summed E-state index contributed by atoms with van der Waals surface area (Å²) in [5.41, 5.74) is 1.79. The molecule has 0 saturated carbocycles. The van der Waals surface area contributed by atoms with Crippen molar-refractivity contribution in [1.29, 1.82) is 0 Å². The fourth-order valence-corrected chi connectivity index (χ4v) is 3.95. The number of carbonyl (C=O) groups excluding carboxylic acids is 2. The maximum atomic E-state index is 12.4. The maximum absolute atomic E-state index is 12.4. The van der Waals surface area contributed by atoms with Crippen LogP contribution < -0.4 is 10.6 Å². The fourth-order valence-electron chi connectivity index (χ4n) is 2.57. The largest absolute Gasteiger partial charge is 0.326 e. The molecule has 0 unspecified atom stereocenters. The van der Waals surface area contributed by atoms with Gasteiger partial charge in [-0.05, 0) is 31.5 Å². The monoisotopic (exact) mass is 443 g/mol. The maximum Gasteiger partial charge on any atom is 0.236 e. The van der Waals surface area contributed by atoms with E-state index >= 15 is 0 Å². The van der Waals surface area contributed by atoms with E-state index in [0.29, 0.717) is 22.7 Å². The van der Waals surface area contributed by atoms with Gasteiger partial charge in [-0.2, -0.15) is 0 Å². The highest BCUT2D eigenvalue weighted by Gasteiger charge is 2.17. The van der Waals surface area contributed by atoms with Crippen molar-refractivity contribution in [2.24, 2.45) is 0 Å². The zero-order valence-corrected chi connectivity index (χ0v) is 18.2. The lowest BCUT2D eigenvalue weighted by atomic mass is 10.2. The first-order valence-corrected chi connectivity index (χ1v) is 10.9. The van der Waals surface area contributed by atoms with Crippen LogP contribution in [0.5, 0.6) is 0 Å². The van der Waals surface area contributed by atoms with Gasteiger partial charge in [-0.15, -0.1) is 27.0 Å². The van der Waals surface area contributed by atoms with Gasteiger partial charge < -0.3 is 9.88 Å². The van der Waals surface area contributed by atoms with Crippen LogP contribution in [-0.2, 0) is 22.6 Å². The van der Waals surface area contributed by atoms with Crippen LogP contribution in [0.15, 0.2) is 42.1 Å². The second-order valence-electron chi connectivity index (χ2n) is 6.36. The van der Waals surface area contributed by atoms with Crippen LogP contribution in [0.1, 0.15) is 16.4 Å². The van der Waals surface area contributed by atoms with Crippen molar-refractivity contribution in [3.05, 3.63) is 53.3 Å². The molecule has 11 heteroatoms. The number of allylic oxidation sites excluding steroid dienone is 1. The first kappa shape index (κ1) is 21.7. The van der Waals surface area contributed by atoms with Gasteiger partial charge in [-0.3, -0.25) is 14.9 Å². The first-order valence-electron chi connectivity index (χ1n) is 9.07. The normalized spacial score (nSPS) is 10.6. The Balaban J connectivity index is 1.61. The summed E-state index contributed by atoms with van der Waals surface area (Å²) in [7, 11) is 0. The number of anilines is 2. The summed E-state index contributed by atoms with van der Waals surface area (Å²) in [6.45, 7) is 7.96. The molecule has 2 N–H and O–H groups in total. The standard InChI is InChI=1S/C19H21N7O2S2/c1-4-8-26-15(10-16(27)20-14-7-5-6-12(2)9-14)23-25-19(26)29-11-17(28)21-18-24-22-13(3)30-18/h4-7,9H,1,8,10-11H2,2-3H3,(H,20,27)(H,21,24,28). The second-order valence-corrected chi connectivity index (χ2v) is 8.48. The zero-order chi connectivity index (χ0) is 21.5. The number of amides is 2. The van der Waals surface area contributed by atoms with Gasteiger partial charge in [-0.25, -0.2) is 0 Å². The second kappa shape index (κ2) is 10.1. The molecule has 0 aliphatic rings. The molecular weight excluding hydrogens is 422 g/mol.